The predicted octanol–water partition coefficient (Wildman–Crippen LogP) is 4.77. The minimum atomic E-state index is -0.668. The number of guanidine groups is 1. The first-order chi connectivity index (χ1) is 16.3. The van der Waals surface area contributed by atoms with Crippen molar-refractivity contribution in [2.24, 2.45) is 11.8 Å². The van der Waals surface area contributed by atoms with E-state index in [9.17, 15) is 9.59 Å². The first kappa shape index (κ1) is 25.4. The SMILES string of the molecule is Cc1cc(C(=O)N[C@@H]2CCC[C@H](C[C@@]3(CCC4CCCCC4)NC(=N)N(C)C3=O)C2)cc(I)n1. The predicted molar refractivity (Wildman–Crippen MR) is 142 cm³/mol. The third-order valence-electron chi connectivity index (χ3n) is 8.05. The smallest absolute Gasteiger partial charge is 0.254 e. The van der Waals surface area contributed by atoms with Crippen molar-refractivity contribution < 1.29 is 9.59 Å². The van der Waals surface area contributed by atoms with Gasteiger partial charge in [0.15, 0.2) is 5.96 Å². The van der Waals surface area contributed by atoms with Crippen LogP contribution in [0, 0.1) is 27.9 Å². The number of hydrogen-bond acceptors (Lipinski definition) is 4. The lowest BCUT2D eigenvalue weighted by Crippen LogP contribution is -2.50. The fourth-order valence-electron chi connectivity index (χ4n) is 6.25. The summed E-state index contributed by atoms with van der Waals surface area (Å²) in [5, 5.41) is 14.8. The molecule has 0 radical (unpaired) electrons. The lowest BCUT2D eigenvalue weighted by Gasteiger charge is -2.36. The highest BCUT2D eigenvalue weighted by Gasteiger charge is 2.49. The Morgan fingerprint density at radius 3 is 2.62 bits per heavy atom. The number of amides is 2. The van der Waals surface area contributed by atoms with Crippen LogP contribution in [0.1, 0.15) is 93.1 Å². The van der Waals surface area contributed by atoms with Gasteiger partial charge in [0.25, 0.3) is 11.8 Å². The molecule has 2 saturated carbocycles. The molecule has 1 aromatic heterocycles. The Morgan fingerprint density at radius 1 is 1.21 bits per heavy atom. The molecular weight excluding hydrogens is 541 g/mol. The van der Waals surface area contributed by atoms with E-state index in [1.807, 2.05) is 19.1 Å². The standard InChI is InChI=1S/C26H38IN5O2/c1-17-13-20(15-22(27)29-17)23(33)30-21-10-6-9-19(14-21)16-26(24(34)32(2)25(28)31-26)12-11-18-7-4-3-5-8-18/h13,15,18-19,21H,3-12,14,16H2,1-2H3,(H2,28,31)(H,30,33)/t19-,21+,26+/m0/s1. The van der Waals surface area contributed by atoms with E-state index in [2.05, 4.69) is 38.2 Å². The molecule has 3 aliphatic rings. The number of nitrogens with one attached hydrogen (secondary N) is 3. The summed E-state index contributed by atoms with van der Waals surface area (Å²) < 4.78 is 0.821. The summed E-state index contributed by atoms with van der Waals surface area (Å²) in [5.74, 6) is 1.27. The molecule has 0 unspecified atom stereocenters. The molecule has 0 aromatic carbocycles. The molecular formula is C26H38IN5O2. The maximum absolute atomic E-state index is 13.3. The lowest BCUT2D eigenvalue weighted by molar-refractivity contribution is -0.131. The summed E-state index contributed by atoms with van der Waals surface area (Å²) in [6.45, 7) is 1.91. The second-order valence-corrected chi connectivity index (χ2v) is 11.8. The zero-order valence-corrected chi connectivity index (χ0v) is 22.6. The number of aryl methyl sites for hydroxylation is 1. The zero-order chi connectivity index (χ0) is 24.3. The highest BCUT2D eigenvalue weighted by molar-refractivity contribution is 14.1. The van der Waals surface area contributed by atoms with Crippen molar-refractivity contribution in [1.29, 1.82) is 5.41 Å². The van der Waals surface area contributed by atoms with Crippen molar-refractivity contribution in [3.63, 3.8) is 0 Å². The molecule has 2 heterocycles. The van der Waals surface area contributed by atoms with E-state index < -0.39 is 5.54 Å². The summed E-state index contributed by atoms with van der Waals surface area (Å²) in [5.41, 5.74) is 0.833. The van der Waals surface area contributed by atoms with Gasteiger partial charge in [-0.25, -0.2) is 4.98 Å². The van der Waals surface area contributed by atoms with Gasteiger partial charge in [-0.3, -0.25) is 19.9 Å². The minimum absolute atomic E-state index is 0.0429. The maximum Gasteiger partial charge on any atom is 0.254 e. The van der Waals surface area contributed by atoms with Crippen molar-refractivity contribution >= 4 is 40.4 Å². The van der Waals surface area contributed by atoms with Crippen LogP contribution in [0.15, 0.2) is 12.1 Å². The van der Waals surface area contributed by atoms with Crippen LogP contribution in [0.3, 0.4) is 0 Å². The van der Waals surface area contributed by atoms with E-state index >= 15 is 0 Å². The van der Waals surface area contributed by atoms with Crippen LogP contribution in [0.5, 0.6) is 0 Å². The third kappa shape index (κ3) is 5.91. The highest BCUT2D eigenvalue weighted by atomic mass is 127. The van der Waals surface area contributed by atoms with E-state index in [1.54, 1.807) is 7.05 Å². The van der Waals surface area contributed by atoms with E-state index in [0.29, 0.717) is 17.4 Å². The molecule has 0 bridgehead atoms. The number of hydrogen-bond donors (Lipinski definition) is 3. The number of aromatic nitrogens is 1. The molecule has 34 heavy (non-hydrogen) atoms. The second-order valence-electron chi connectivity index (χ2n) is 10.7. The van der Waals surface area contributed by atoms with Crippen molar-refractivity contribution in [2.45, 2.75) is 95.6 Å². The van der Waals surface area contributed by atoms with Crippen LogP contribution in [-0.2, 0) is 4.79 Å². The number of likely N-dealkylation sites (N-methyl/N-ethyl adjacent to an activating group) is 1. The fourth-order valence-corrected chi connectivity index (χ4v) is 6.97. The van der Waals surface area contributed by atoms with Crippen molar-refractivity contribution in [3.05, 3.63) is 27.1 Å². The van der Waals surface area contributed by atoms with E-state index in [4.69, 9.17) is 5.41 Å². The number of halogens is 1. The average Bonchev–Trinajstić information content (AvgIpc) is 3.01. The molecule has 3 fully saturated rings. The largest absolute Gasteiger partial charge is 0.349 e. The Hall–Kier alpha value is -1.71. The molecule has 1 aliphatic heterocycles. The van der Waals surface area contributed by atoms with Crippen LogP contribution in [-0.4, -0.2) is 46.3 Å². The molecule has 4 rings (SSSR count). The van der Waals surface area contributed by atoms with Gasteiger partial charge in [0.05, 0.1) is 0 Å². The van der Waals surface area contributed by atoms with Gasteiger partial charge >= 0.3 is 0 Å². The van der Waals surface area contributed by atoms with Gasteiger partial charge in [0.2, 0.25) is 0 Å². The van der Waals surface area contributed by atoms with Crippen molar-refractivity contribution in [3.8, 4) is 0 Å². The average molecular weight is 580 g/mol. The van der Waals surface area contributed by atoms with Crippen LogP contribution < -0.4 is 10.6 Å². The topological polar surface area (TPSA) is 98.2 Å². The monoisotopic (exact) mass is 579 g/mol. The number of carbonyl (C=O) groups is 2. The normalized spacial score (nSPS) is 28.1. The van der Waals surface area contributed by atoms with Crippen molar-refractivity contribution in [1.82, 2.24) is 20.5 Å². The summed E-state index contributed by atoms with van der Waals surface area (Å²) in [6.07, 6.45) is 13.0. The molecule has 8 heteroatoms. The van der Waals surface area contributed by atoms with Crippen LogP contribution in [0.4, 0.5) is 0 Å². The van der Waals surface area contributed by atoms with Crippen LogP contribution >= 0.6 is 22.6 Å². The molecule has 7 nitrogen and oxygen atoms in total. The summed E-state index contributed by atoms with van der Waals surface area (Å²) in [4.78, 5) is 32.1. The van der Waals surface area contributed by atoms with Gasteiger partial charge in [-0.05, 0) is 85.6 Å². The molecule has 0 spiro atoms. The fraction of sp³-hybridized carbons (Fsp3) is 0.692. The molecule has 186 valence electrons. The number of nitrogens with zero attached hydrogens (tertiary/aromatic N) is 2. The zero-order valence-electron chi connectivity index (χ0n) is 20.5. The summed E-state index contributed by atoms with van der Waals surface area (Å²) in [7, 11) is 1.71. The maximum atomic E-state index is 13.3. The van der Waals surface area contributed by atoms with Crippen LogP contribution in [0.2, 0.25) is 0 Å². The summed E-state index contributed by atoms with van der Waals surface area (Å²) >= 11 is 2.14. The van der Waals surface area contributed by atoms with Gasteiger partial charge in [0.1, 0.15) is 9.24 Å². The van der Waals surface area contributed by atoms with Gasteiger partial charge < -0.3 is 10.6 Å². The lowest BCUT2D eigenvalue weighted by atomic mass is 9.74. The van der Waals surface area contributed by atoms with Gasteiger partial charge in [-0.1, -0.05) is 44.9 Å². The molecule has 1 aromatic rings. The Morgan fingerprint density at radius 2 is 1.94 bits per heavy atom. The van der Waals surface area contributed by atoms with Crippen LogP contribution in [0.25, 0.3) is 0 Å². The Labute approximate surface area is 216 Å². The van der Waals surface area contributed by atoms with Gasteiger partial charge in [0, 0.05) is 24.3 Å². The van der Waals surface area contributed by atoms with Crippen molar-refractivity contribution in [2.75, 3.05) is 7.05 Å². The Balaban J connectivity index is 1.41. The first-order valence-corrected chi connectivity index (χ1v) is 13.9. The van der Waals surface area contributed by atoms with E-state index in [0.717, 1.165) is 54.3 Å². The number of pyridine rings is 1. The molecule has 2 aliphatic carbocycles. The third-order valence-corrected chi connectivity index (χ3v) is 8.60. The van der Waals surface area contributed by atoms with E-state index in [1.165, 1.54) is 37.0 Å². The molecule has 2 amide bonds. The first-order valence-electron chi connectivity index (χ1n) is 12.9. The van der Waals surface area contributed by atoms with Gasteiger partial charge in [-0.2, -0.15) is 0 Å². The minimum Gasteiger partial charge on any atom is -0.349 e. The molecule has 3 atom stereocenters. The number of rotatable bonds is 7. The molecule has 1 saturated heterocycles. The second kappa shape index (κ2) is 10.9. The highest BCUT2D eigenvalue weighted by Crippen LogP contribution is 2.38. The van der Waals surface area contributed by atoms with E-state index in [-0.39, 0.29) is 23.8 Å². The quantitative estimate of drug-likeness (QED) is 0.320. The Bertz CT molecular complexity index is 912. The Kier molecular flexibility index (Phi) is 8.15. The summed E-state index contributed by atoms with van der Waals surface area (Å²) in [6, 6.07) is 3.77. The number of carbonyl (C=O) groups excluding carboxylic acids is 2. The molecule has 3 N–H and O–H groups in total. The van der Waals surface area contributed by atoms with Gasteiger partial charge in [-0.15, -0.1) is 0 Å².